The molecule has 2 aliphatic rings. The molecule has 168 valence electrons. The van der Waals surface area contributed by atoms with E-state index in [1.54, 1.807) is 0 Å². The van der Waals surface area contributed by atoms with Gasteiger partial charge in [0.25, 0.3) is 0 Å². The summed E-state index contributed by atoms with van der Waals surface area (Å²) in [4.78, 5) is 16.9. The first kappa shape index (κ1) is 23.2. The topological polar surface area (TPSA) is 62.1 Å². The first-order valence-corrected chi connectivity index (χ1v) is 12.9. The minimum atomic E-state index is -3.75. The van der Waals surface area contributed by atoms with Gasteiger partial charge >= 0.3 is 0 Å². The van der Waals surface area contributed by atoms with E-state index in [0.717, 1.165) is 68.4 Å². The lowest BCUT2D eigenvalue weighted by molar-refractivity contribution is -0.902. The number of hydrogen-bond acceptors (Lipinski definition) is 3. The number of nitrogens with zero attached hydrogens (tertiary/aromatic N) is 2. The van der Waals surface area contributed by atoms with Crippen molar-refractivity contribution in [1.82, 2.24) is 9.21 Å². The van der Waals surface area contributed by atoms with Crippen LogP contribution in [0.1, 0.15) is 55.7 Å². The number of nitrogens with one attached hydrogen (secondary N) is 1. The first-order valence-electron chi connectivity index (χ1n) is 11.4. The molecular weight excluding hydrogens is 398 g/mol. The molecule has 3 rings (SSSR count). The average Bonchev–Trinajstić information content (AvgIpc) is 2.71. The summed E-state index contributed by atoms with van der Waals surface area (Å²) >= 11 is 0. The van der Waals surface area contributed by atoms with E-state index in [2.05, 4.69) is 6.92 Å². The highest BCUT2D eigenvalue weighted by Gasteiger charge is 2.37. The third kappa shape index (κ3) is 5.06. The Bertz CT molecular complexity index is 831. The van der Waals surface area contributed by atoms with Crippen LogP contribution in [0, 0.1) is 20.8 Å². The molecule has 7 heteroatoms. The van der Waals surface area contributed by atoms with Crippen molar-refractivity contribution in [3.05, 3.63) is 28.8 Å². The molecule has 0 unspecified atom stereocenters. The number of amides is 1. The second-order valence-electron chi connectivity index (χ2n) is 9.05. The van der Waals surface area contributed by atoms with Crippen molar-refractivity contribution < 1.29 is 18.1 Å². The van der Waals surface area contributed by atoms with Crippen molar-refractivity contribution in [2.75, 3.05) is 39.3 Å². The highest BCUT2D eigenvalue weighted by molar-refractivity contribution is 7.89. The van der Waals surface area contributed by atoms with Crippen LogP contribution in [0.5, 0.6) is 0 Å². The number of hydrogen-bond donors (Lipinski definition) is 1. The minimum absolute atomic E-state index is 0.0405. The Balaban J connectivity index is 1.88. The summed E-state index contributed by atoms with van der Waals surface area (Å²) in [6, 6.07) is 3.76. The SMILES string of the molecule is CC[NH+]1CCN(C(=O)CN(C2CCCCC2)S(=O)(=O)c2c(C)cc(C)cc2C)CC1. The highest BCUT2D eigenvalue weighted by Crippen LogP contribution is 2.31. The Morgan fingerprint density at radius 3 is 2.17 bits per heavy atom. The van der Waals surface area contributed by atoms with Gasteiger partial charge in [-0.1, -0.05) is 37.0 Å². The molecule has 2 fully saturated rings. The molecule has 0 atom stereocenters. The number of sulfonamides is 1. The van der Waals surface area contributed by atoms with Gasteiger partial charge in [-0.25, -0.2) is 8.42 Å². The maximum absolute atomic E-state index is 13.9. The maximum atomic E-state index is 13.9. The monoisotopic (exact) mass is 436 g/mol. The third-order valence-electron chi connectivity index (χ3n) is 6.77. The van der Waals surface area contributed by atoms with Crippen LogP contribution < -0.4 is 4.90 Å². The van der Waals surface area contributed by atoms with Crippen LogP contribution in [0.25, 0.3) is 0 Å². The lowest BCUT2D eigenvalue weighted by Crippen LogP contribution is -3.14. The van der Waals surface area contributed by atoms with Gasteiger partial charge in [-0.3, -0.25) is 4.79 Å². The molecule has 0 aromatic heterocycles. The predicted molar refractivity (Wildman–Crippen MR) is 119 cm³/mol. The largest absolute Gasteiger partial charge is 0.332 e. The molecule has 30 heavy (non-hydrogen) atoms. The number of carbonyl (C=O) groups is 1. The van der Waals surface area contributed by atoms with Crippen molar-refractivity contribution >= 4 is 15.9 Å². The van der Waals surface area contributed by atoms with Crippen LogP contribution in [0.3, 0.4) is 0 Å². The van der Waals surface area contributed by atoms with E-state index < -0.39 is 10.0 Å². The van der Waals surface area contributed by atoms with E-state index in [1.807, 2.05) is 37.8 Å². The second kappa shape index (κ2) is 9.79. The molecule has 1 saturated heterocycles. The van der Waals surface area contributed by atoms with Crippen molar-refractivity contribution in [2.24, 2.45) is 0 Å². The molecule has 0 spiro atoms. The van der Waals surface area contributed by atoms with E-state index in [4.69, 9.17) is 0 Å². The average molecular weight is 437 g/mol. The smallest absolute Gasteiger partial charge is 0.244 e. The first-order chi connectivity index (χ1) is 14.2. The molecule has 1 aliphatic carbocycles. The number of quaternary nitrogens is 1. The minimum Gasteiger partial charge on any atom is -0.332 e. The quantitative estimate of drug-likeness (QED) is 0.738. The van der Waals surface area contributed by atoms with Gasteiger partial charge < -0.3 is 9.80 Å². The van der Waals surface area contributed by atoms with Gasteiger partial charge in [-0.05, 0) is 51.7 Å². The molecule has 1 amide bonds. The molecule has 1 aliphatic heterocycles. The summed E-state index contributed by atoms with van der Waals surface area (Å²) < 4.78 is 29.2. The van der Waals surface area contributed by atoms with Crippen LogP contribution >= 0.6 is 0 Å². The van der Waals surface area contributed by atoms with Gasteiger partial charge in [0.1, 0.15) is 0 Å². The van der Waals surface area contributed by atoms with Crippen molar-refractivity contribution in [3.63, 3.8) is 0 Å². The number of rotatable bonds is 6. The number of benzene rings is 1. The summed E-state index contributed by atoms with van der Waals surface area (Å²) in [7, 11) is -3.75. The number of carbonyl (C=O) groups excluding carboxylic acids is 1. The van der Waals surface area contributed by atoms with Gasteiger partial charge in [0, 0.05) is 6.04 Å². The van der Waals surface area contributed by atoms with Crippen LogP contribution in [-0.2, 0) is 14.8 Å². The summed E-state index contributed by atoms with van der Waals surface area (Å²) in [6.07, 6.45) is 4.86. The van der Waals surface area contributed by atoms with E-state index in [9.17, 15) is 13.2 Å². The summed E-state index contributed by atoms with van der Waals surface area (Å²) in [6.45, 7) is 12.2. The van der Waals surface area contributed by atoms with Gasteiger partial charge in [0.05, 0.1) is 44.2 Å². The zero-order chi connectivity index (χ0) is 21.9. The molecule has 1 heterocycles. The van der Waals surface area contributed by atoms with Crippen molar-refractivity contribution in [3.8, 4) is 0 Å². The Labute approximate surface area is 182 Å². The summed E-state index contributed by atoms with van der Waals surface area (Å²) in [5.41, 5.74) is 2.59. The number of likely N-dealkylation sites (N-methyl/N-ethyl adjacent to an activating group) is 1. The fraction of sp³-hybridized carbons (Fsp3) is 0.696. The van der Waals surface area contributed by atoms with Crippen molar-refractivity contribution in [1.29, 1.82) is 0 Å². The third-order valence-corrected chi connectivity index (χ3v) is 8.97. The van der Waals surface area contributed by atoms with Crippen LogP contribution in [0.2, 0.25) is 0 Å². The van der Waals surface area contributed by atoms with E-state index in [0.29, 0.717) is 18.0 Å². The lowest BCUT2D eigenvalue weighted by Gasteiger charge is -2.36. The molecule has 1 aromatic carbocycles. The van der Waals surface area contributed by atoms with Gasteiger partial charge in [-0.2, -0.15) is 4.31 Å². The lowest BCUT2D eigenvalue weighted by atomic mass is 9.95. The summed E-state index contributed by atoms with van der Waals surface area (Å²) in [5, 5.41) is 0. The molecular formula is C23H38N3O3S+. The normalized spacial score (nSPS) is 19.4. The fourth-order valence-corrected chi connectivity index (χ4v) is 7.18. The fourth-order valence-electron chi connectivity index (χ4n) is 5.13. The number of aryl methyl sites for hydroxylation is 3. The van der Waals surface area contributed by atoms with Crippen molar-refractivity contribution in [2.45, 2.75) is 70.7 Å². The van der Waals surface area contributed by atoms with Gasteiger partial charge in [-0.15, -0.1) is 0 Å². The Hall–Kier alpha value is -1.44. The molecule has 1 N–H and O–H groups in total. The zero-order valence-corrected chi connectivity index (χ0v) is 19.9. The maximum Gasteiger partial charge on any atom is 0.244 e. The predicted octanol–water partition coefficient (Wildman–Crippen LogP) is 1.68. The van der Waals surface area contributed by atoms with E-state index in [-0.39, 0.29) is 18.5 Å². The summed E-state index contributed by atoms with van der Waals surface area (Å²) in [5.74, 6) is -0.0540. The van der Waals surface area contributed by atoms with Crippen LogP contribution in [-0.4, -0.2) is 68.8 Å². The molecule has 1 aromatic rings. The van der Waals surface area contributed by atoms with E-state index in [1.165, 1.54) is 9.21 Å². The molecule has 1 saturated carbocycles. The second-order valence-corrected chi connectivity index (χ2v) is 10.9. The molecule has 6 nitrogen and oxygen atoms in total. The highest BCUT2D eigenvalue weighted by atomic mass is 32.2. The number of piperazine rings is 1. The van der Waals surface area contributed by atoms with Gasteiger partial charge in [0.2, 0.25) is 15.9 Å². The van der Waals surface area contributed by atoms with E-state index >= 15 is 0 Å². The Morgan fingerprint density at radius 1 is 1.07 bits per heavy atom. The standard InChI is InChI=1S/C23H37N3O3S/c1-5-24-11-13-25(14-12-24)22(27)17-26(21-9-7-6-8-10-21)30(28,29)23-19(3)15-18(2)16-20(23)4/h15-16,21H,5-14,17H2,1-4H3/p+1. The Morgan fingerprint density at radius 2 is 1.63 bits per heavy atom. The molecule has 0 bridgehead atoms. The van der Waals surface area contributed by atoms with Gasteiger partial charge in [0.15, 0.2) is 0 Å². The van der Waals surface area contributed by atoms with Crippen LogP contribution in [0.4, 0.5) is 0 Å². The zero-order valence-electron chi connectivity index (χ0n) is 19.0. The molecule has 0 radical (unpaired) electrons. The van der Waals surface area contributed by atoms with Crippen LogP contribution in [0.15, 0.2) is 17.0 Å². The Kier molecular flexibility index (Phi) is 7.58.